The number of ether oxygens (including phenoxy) is 4. The number of esters is 1. The first-order valence-electron chi connectivity index (χ1n) is 16.8. The zero-order valence-corrected chi connectivity index (χ0v) is 31.3. The van der Waals surface area contributed by atoms with E-state index in [4.69, 9.17) is 18.9 Å². The Hall–Kier alpha value is -5.03. The highest BCUT2D eigenvalue weighted by Crippen LogP contribution is 2.40. The summed E-state index contributed by atoms with van der Waals surface area (Å²) in [4.78, 5) is 25.1. The fourth-order valence-corrected chi connectivity index (χ4v) is 5.69. The van der Waals surface area contributed by atoms with Gasteiger partial charge in [0.25, 0.3) is 0 Å². The zero-order valence-electron chi connectivity index (χ0n) is 30.5. The summed E-state index contributed by atoms with van der Waals surface area (Å²) >= 11 is 0. The monoisotopic (exact) mass is 839 g/mol. The van der Waals surface area contributed by atoms with E-state index in [2.05, 4.69) is 0 Å². The molecule has 4 aromatic carbocycles. The Balaban J connectivity index is 0.00000870. The lowest BCUT2D eigenvalue weighted by molar-refractivity contribution is -0.708. The van der Waals surface area contributed by atoms with Crippen LogP contribution in [0.2, 0.25) is 0 Å². The number of carbonyl (C=O) groups excluding carboxylic acids is 2. The lowest BCUT2D eigenvalue weighted by atomic mass is 9.92. The van der Waals surface area contributed by atoms with Crippen LogP contribution in [0.5, 0.6) is 5.75 Å². The Bertz CT molecular complexity index is 1970. The van der Waals surface area contributed by atoms with Crippen molar-refractivity contribution in [1.29, 1.82) is 0 Å². The van der Waals surface area contributed by atoms with Gasteiger partial charge in [-0.25, -0.2) is 14.0 Å². The predicted molar refractivity (Wildman–Crippen MR) is 180 cm³/mol. The van der Waals surface area contributed by atoms with Gasteiger partial charge in [0.15, 0.2) is 12.7 Å². The average Bonchev–Trinajstić information content (AvgIpc) is 3.13. The number of benzene rings is 4. The van der Waals surface area contributed by atoms with E-state index >= 15 is 0 Å². The van der Waals surface area contributed by atoms with Gasteiger partial charge in [-0.3, -0.25) is 0 Å². The minimum Gasteiger partial charge on any atom is -1.00 e. The van der Waals surface area contributed by atoms with Crippen molar-refractivity contribution in [3.8, 4) is 16.9 Å². The van der Waals surface area contributed by atoms with Crippen LogP contribution in [-0.4, -0.2) is 31.9 Å². The van der Waals surface area contributed by atoms with Crippen LogP contribution >= 0.6 is 0 Å². The second kappa shape index (κ2) is 18.9. The van der Waals surface area contributed by atoms with Crippen LogP contribution in [0.4, 0.5) is 48.7 Å². The molecule has 0 radical (unpaired) electrons. The third-order valence-electron chi connectivity index (χ3n) is 8.56. The van der Waals surface area contributed by atoms with Crippen LogP contribution < -0.4 is 22.5 Å². The molecule has 57 heavy (non-hydrogen) atoms. The summed E-state index contributed by atoms with van der Waals surface area (Å²) in [5, 5.41) is 1.22. The minimum absolute atomic E-state index is 0. The number of methoxy groups -OCH3 is 1. The number of hydrogen-bond acceptors (Lipinski definition) is 6. The smallest absolute Gasteiger partial charge is 0.509 e. The molecule has 0 aliphatic carbocycles. The standard InChI is InChI=1S/C39H35F10NO6.ClH/c1-21(2)30-16-31(33(53-4)17-32(30)40)29-11-10-26(37(41,42)43)14-25(29)18-50-22(3)35(24-12-27(38(44,45)46)15-28(13-24)39(47,48)49)56-36(52)55-20-34(51)54-19-23-8-6-5-7-9-23;/h5-17,21-22,35,50H,18-20H2,1-4H3;1H/t22-,35-;/m0./s1. The van der Waals surface area contributed by atoms with Crippen molar-refractivity contribution in [2.45, 2.75) is 70.5 Å². The summed E-state index contributed by atoms with van der Waals surface area (Å²) < 4.78 is 160. The van der Waals surface area contributed by atoms with Crippen molar-refractivity contribution in [3.63, 3.8) is 0 Å². The number of alkyl halides is 9. The van der Waals surface area contributed by atoms with E-state index in [1.165, 1.54) is 25.4 Å². The highest BCUT2D eigenvalue weighted by molar-refractivity contribution is 5.75. The molecule has 18 heteroatoms. The van der Waals surface area contributed by atoms with Gasteiger partial charge in [0.2, 0.25) is 0 Å². The van der Waals surface area contributed by atoms with Crippen LogP contribution in [0, 0.1) is 5.82 Å². The van der Waals surface area contributed by atoms with Gasteiger partial charge in [0.1, 0.15) is 30.8 Å². The summed E-state index contributed by atoms with van der Waals surface area (Å²) in [5.41, 5.74) is -4.25. The van der Waals surface area contributed by atoms with Gasteiger partial charge in [-0.1, -0.05) is 50.2 Å². The van der Waals surface area contributed by atoms with E-state index in [0.717, 1.165) is 24.3 Å². The van der Waals surface area contributed by atoms with Gasteiger partial charge >= 0.3 is 30.7 Å². The lowest BCUT2D eigenvalue weighted by Crippen LogP contribution is -3.00. The van der Waals surface area contributed by atoms with E-state index < -0.39 is 84.0 Å². The summed E-state index contributed by atoms with van der Waals surface area (Å²) in [7, 11) is 1.22. The van der Waals surface area contributed by atoms with Crippen molar-refractivity contribution in [3.05, 3.63) is 124 Å². The van der Waals surface area contributed by atoms with Gasteiger partial charge in [0.05, 0.1) is 23.8 Å². The van der Waals surface area contributed by atoms with Crippen LogP contribution in [0.15, 0.2) is 78.9 Å². The largest absolute Gasteiger partial charge is 1.00 e. The van der Waals surface area contributed by atoms with E-state index in [9.17, 15) is 53.5 Å². The predicted octanol–water partition coefficient (Wildman–Crippen LogP) is 6.77. The first-order chi connectivity index (χ1) is 26.1. The molecule has 0 bridgehead atoms. The number of hydrogen-bond donors (Lipinski definition) is 1. The van der Waals surface area contributed by atoms with Gasteiger partial charge in [0, 0.05) is 17.2 Å². The molecule has 0 heterocycles. The molecule has 0 aliphatic heterocycles. The Morgan fingerprint density at radius 3 is 1.86 bits per heavy atom. The molecule has 4 aromatic rings. The van der Waals surface area contributed by atoms with Crippen molar-refractivity contribution < 1.29 is 90.2 Å². The lowest BCUT2D eigenvalue weighted by Gasteiger charge is -2.25. The Morgan fingerprint density at radius 1 is 0.719 bits per heavy atom. The van der Waals surface area contributed by atoms with Crippen molar-refractivity contribution in [2.24, 2.45) is 0 Å². The SMILES string of the molecule is COc1cc(F)c(C(C)C)cc1-c1ccc(C(F)(F)F)cc1C[NH2+][C@@H](C)[C@H](OC(=O)OCC(=O)OCc1ccccc1)c1cc(C(F)(F)F)cc(C(F)(F)F)c1.[Cl-]. The summed E-state index contributed by atoms with van der Waals surface area (Å²) in [6.45, 7) is 2.94. The zero-order chi connectivity index (χ0) is 41.6. The third-order valence-corrected chi connectivity index (χ3v) is 8.56. The molecular weight excluding hydrogens is 804 g/mol. The molecule has 0 saturated heterocycles. The van der Waals surface area contributed by atoms with Crippen molar-refractivity contribution in [2.75, 3.05) is 13.7 Å². The van der Waals surface area contributed by atoms with Crippen molar-refractivity contribution >= 4 is 12.1 Å². The van der Waals surface area contributed by atoms with E-state index in [1.54, 1.807) is 44.2 Å². The molecule has 7 nitrogen and oxygen atoms in total. The van der Waals surface area contributed by atoms with E-state index in [1.807, 2.05) is 0 Å². The molecule has 0 amide bonds. The highest BCUT2D eigenvalue weighted by Gasteiger charge is 2.40. The second-order valence-corrected chi connectivity index (χ2v) is 13.0. The number of carbonyl (C=O) groups is 2. The highest BCUT2D eigenvalue weighted by atomic mass is 35.5. The first-order valence-corrected chi connectivity index (χ1v) is 16.8. The van der Waals surface area contributed by atoms with Crippen LogP contribution in [0.25, 0.3) is 11.1 Å². The summed E-state index contributed by atoms with van der Waals surface area (Å²) in [5.74, 6) is -2.09. The van der Waals surface area contributed by atoms with Gasteiger partial charge in [-0.2, -0.15) is 39.5 Å². The van der Waals surface area contributed by atoms with Crippen molar-refractivity contribution in [1.82, 2.24) is 0 Å². The molecule has 2 N–H and O–H groups in total. The number of nitrogens with two attached hydrogens (primary N) is 1. The Morgan fingerprint density at radius 2 is 1.32 bits per heavy atom. The Labute approximate surface area is 326 Å². The topological polar surface area (TPSA) is 87.7 Å². The summed E-state index contributed by atoms with van der Waals surface area (Å²) in [6, 6.07) is 12.7. The quantitative estimate of drug-likeness (QED) is 0.118. The molecule has 0 saturated carbocycles. The number of rotatable bonds is 13. The van der Waals surface area contributed by atoms with Gasteiger partial charge < -0.3 is 36.7 Å². The molecule has 0 aliphatic rings. The third kappa shape index (κ3) is 12.5. The average molecular weight is 840 g/mol. The van der Waals surface area contributed by atoms with E-state index in [-0.39, 0.29) is 59.0 Å². The van der Waals surface area contributed by atoms with E-state index in [0.29, 0.717) is 17.7 Å². The molecule has 0 spiro atoms. The minimum atomic E-state index is -5.29. The van der Waals surface area contributed by atoms with Gasteiger partial charge in [-0.15, -0.1) is 0 Å². The second-order valence-electron chi connectivity index (χ2n) is 13.0. The normalized spacial score (nSPS) is 13.0. The molecule has 0 aromatic heterocycles. The maximum Gasteiger partial charge on any atom is 0.509 e. The number of halogens is 11. The Kier molecular flexibility index (Phi) is 15.4. The fourth-order valence-electron chi connectivity index (χ4n) is 5.69. The first kappa shape index (κ1) is 46.4. The molecule has 2 atom stereocenters. The maximum atomic E-state index is 14.9. The van der Waals surface area contributed by atoms with Gasteiger partial charge in [-0.05, 0) is 71.5 Å². The number of quaternary nitrogens is 1. The summed E-state index contributed by atoms with van der Waals surface area (Å²) in [6.07, 6.45) is -19.0. The molecular formula is C39H36ClF10NO6. The van der Waals surface area contributed by atoms with Crippen LogP contribution in [0.3, 0.4) is 0 Å². The van der Waals surface area contributed by atoms with Crippen LogP contribution in [0.1, 0.15) is 71.7 Å². The molecule has 0 unspecified atom stereocenters. The molecule has 310 valence electrons. The maximum absolute atomic E-state index is 14.9. The van der Waals surface area contributed by atoms with Crippen LogP contribution in [-0.2, 0) is 50.7 Å². The fraction of sp³-hybridized carbons (Fsp3) is 0.333. The molecule has 0 fully saturated rings. The molecule has 4 rings (SSSR count).